The minimum atomic E-state index is -0.188. The maximum Gasteiger partial charge on any atom is 0.266 e. The summed E-state index contributed by atoms with van der Waals surface area (Å²) in [5, 5.41) is 9.39. The lowest BCUT2D eigenvalue weighted by Gasteiger charge is -2.08. The Balaban J connectivity index is 1.56. The number of carbonyl (C=O) groups excluding carboxylic acids is 1. The summed E-state index contributed by atoms with van der Waals surface area (Å²) in [4.78, 5) is 32.9. The van der Waals surface area contributed by atoms with Gasteiger partial charge in [-0.05, 0) is 43.6 Å². The van der Waals surface area contributed by atoms with Gasteiger partial charge in [-0.25, -0.2) is 4.98 Å². The lowest BCUT2D eigenvalue weighted by atomic mass is 10.3. The molecule has 1 saturated carbocycles. The summed E-state index contributed by atoms with van der Waals surface area (Å²) < 4.78 is 1.55. The summed E-state index contributed by atoms with van der Waals surface area (Å²) in [5.74, 6) is 1.14. The minimum absolute atomic E-state index is 0.110. The monoisotopic (exact) mass is 367 g/mol. The van der Waals surface area contributed by atoms with Crippen molar-refractivity contribution in [3.05, 3.63) is 55.8 Å². The van der Waals surface area contributed by atoms with E-state index in [1.54, 1.807) is 10.7 Å². The van der Waals surface area contributed by atoms with Gasteiger partial charge in [-0.3, -0.25) is 14.6 Å². The average molecular weight is 367 g/mol. The maximum atomic E-state index is 12.5. The molecule has 0 unspecified atom stereocenters. The van der Waals surface area contributed by atoms with Crippen molar-refractivity contribution >= 4 is 23.1 Å². The molecule has 3 aromatic heterocycles. The molecular weight excluding hydrogens is 350 g/mol. The van der Waals surface area contributed by atoms with Gasteiger partial charge in [-0.15, -0.1) is 11.3 Å². The van der Waals surface area contributed by atoms with E-state index in [0.717, 1.165) is 49.1 Å². The third kappa shape index (κ3) is 2.66. The fraction of sp³-hybridized carbons (Fsp3) is 0.333. The number of thiophene rings is 1. The molecule has 5 rings (SSSR count). The highest BCUT2D eigenvalue weighted by molar-refractivity contribution is 7.12. The summed E-state index contributed by atoms with van der Waals surface area (Å²) in [6.07, 6.45) is 4.72. The summed E-state index contributed by atoms with van der Waals surface area (Å²) in [6, 6.07) is 5.50. The van der Waals surface area contributed by atoms with Crippen LogP contribution in [0, 0.1) is 0 Å². The Kier molecular flexibility index (Phi) is 3.53. The summed E-state index contributed by atoms with van der Waals surface area (Å²) >= 11 is 1.38. The Hall–Kier alpha value is -2.74. The van der Waals surface area contributed by atoms with Gasteiger partial charge in [0, 0.05) is 17.5 Å². The number of anilines is 1. The van der Waals surface area contributed by atoms with Crippen LogP contribution in [0.3, 0.4) is 0 Å². The zero-order valence-electron chi connectivity index (χ0n) is 14.0. The van der Waals surface area contributed by atoms with Gasteiger partial charge in [-0.1, -0.05) is 6.07 Å². The molecule has 0 bridgehead atoms. The van der Waals surface area contributed by atoms with E-state index in [2.05, 4.69) is 20.4 Å². The molecule has 0 saturated heterocycles. The topological polar surface area (TPSA) is 92.7 Å². The molecular formula is C18H17N5O2S. The molecule has 1 fully saturated rings. The molecule has 0 spiro atoms. The minimum Gasteiger partial charge on any atom is -0.306 e. The van der Waals surface area contributed by atoms with Crippen molar-refractivity contribution in [3.8, 4) is 5.95 Å². The van der Waals surface area contributed by atoms with Gasteiger partial charge in [-0.2, -0.15) is 9.78 Å². The Morgan fingerprint density at radius 1 is 1.35 bits per heavy atom. The van der Waals surface area contributed by atoms with Crippen LogP contribution in [-0.2, 0) is 12.8 Å². The normalized spacial score (nSPS) is 15.8. The van der Waals surface area contributed by atoms with Crippen LogP contribution in [0.15, 0.2) is 28.4 Å². The molecule has 2 aliphatic rings. The van der Waals surface area contributed by atoms with Crippen molar-refractivity contribution in [1.82, 2.24) is 19.7 Å². The van der Waals surface area contributed by atoms with Crippen molar-refractivity contribution in [1.29, 1.82) is 0 Å². The van der Waals surface area contributed by atoms with E-state index in [0.29, 0.717) is 22.6 Å². The molecule has 0 atom stereocenters. The molecule has 132 valence electrons. The lowest BCUT2D eigenvalue weighted by Crippen LogP contribution is -2.21. The van der Waals surface area contributed by atoms with Crippen molar-refractivity contribution < 1.29 is 4.79 Å². The van der Waals surface area contributed by atoms with E-state index >= 15 is 0 Å². The van der Waals surface area contributed by atoms with Crippen LogP contribution >= 0.6 is 11.3 Å². The van der Waals surface area contributed by atoms with E-state index in [1.807, 2.05) is 17.5 Å². The molecule has 0 radical (unpaired) electrons. The zero-order chi connectivity index (χ0) is 17.7. The predicted octanol–water partition coefficient (Wildman–Crippen LogP) is 2.64. The molecule has 0 aliphatic heterocycles. The van der Waals surface area contributed by atoms with E-state index in [9.17, 15) is 9.59 Å². The Morgan fingerprint density at radius 3 is 3.00 bits per heavy atom. The lowest BCUT2D eigenvalue weighted by molar-refractivity contribution is 0.103. The second kappa shape index (κ2) is 5.91. The molecule has 26 heavy (non-hydrogen) atoms. The van der Waals surface area contributed by atoms with Crippen LogP contribution in [0.25, 0.3) is 5.95 Å². The van der Waals surface area contributed by atoms with Crippen LogP contribution in [0.4, 0.5) is 5.82 Å². The number of H-pyrrole nitrogens is 1. The fourth-order valence-electron chi connectivity index (χ4n) is 3.34. The Bertz CT molecular complexity index is 1050. The van der Waals surface area contributed by atoms with E-state index in [4.69, 9.17) is 0 Å². The number of carbonyl (C=O) groups is 1. The molecule has 2 N–H and O–H groups in total. The number of rotatable bonds is 4. The van der Waals surface area contributed by atoms with Gasteiger partial charge < -0.3 is 5.32 Å². The van der Waals surface area contributed by atoms with Gasteiger partial charge >= 0.3 is 0 Å². The predicted molar refractivity (Wildman–Crippen MR) is 98.3 cm³/mol. The number of nitrogens with zero attached hydrogens (tertiary/aromatic N) is 3. The highest BCUT2D eigenvalue weighted by Crippen LogP contribution is 2.40. The van der Waals surface area contributed by atoms with Gasteiger partial charge in [0.05, 0.1) is 16.3 Å². The van der Waals surface area contributed by atoms with E-state index in [1.165, 1.54) is 11.3 Å². The summed E-state index contributed by atoms with van der Waals surface area (Å²) in [6.45, 7) is 0. The van der Waals surface area contributed by atoms with Gasteiger partial charge in [0.1, 0.15) is 5.82 Å². The van der Waals surface area contributed by atoms with Crippen LogP contribution in [0.2, 0.25) is 0 Å². The highest BCUT2D eigenvalue weighted by atomic mass is 32.1. The first kappa shape index (κ1) is 15.5. The molecule has 2 aliphatic carbocycles. The fourth-order valence-corrected chi connectivity index (χ4v) is 3.96. The average Bonchev–Trinajstić information content (AvgIpc) is 3.06. The first-order valence-electron chi connectivity index (χ1n) is 8.76. The zero-order valence-corrected chi connectivity index (χ0v) is 14.8. The number of fused-ring (bicyclic) bond motifs is 1. The molecule has 3 aromatic rings. The number of amides is 1. The second-order valence-electron chi connectivity index (χ2n) is 6.74. The maximum absolute atomic E-state index is 12.5. The molecule has 8 heteroatoms. The first-order valence-corrected chi connectivity index (χ1v) is 9.64. The number of aromatic nitrogens is 4. The molecule has 1 amide bonds. The molecule has 7 nitrogen and oxygen atoms in total. The van der Waals surface area contributed by atoms with Crippen LogP contribution in [0.1, 0.15) is 51.8 Å². The smallest absolute Gasteiger partial charge is 0.266 e. The summed E-state index contributed by atoms with van der Waals surface area (Å²) in [7, 11) is 0. The van der Waals surface area contributed by atoms with E-state index in [-0.39, 0.29) is 11.5 Å². The SMILES string of the molecule is O=C(Nc1cc(C2CC2)nn1-c1nc2c(c(=O)[nH]1)CCC2)c1cccs1. The van der Waals surface area contributed by atoms with Crippen LogP contribution in [0.5, 0.6) is 0 Å². The number of nitrogens with one attached hydrogen (secondary N) is 2. The number of aromatic amines is 1. The number of hydrogen-bond donors (Lipinski definition) is 2. The van der Waals surface area contributed by atoms with Crippen molar-refractivity contribution in [2.75, 3.05) is 5.32 Å². The number of hydrogen-bond acceptors (Lipinski definition) is 5. The Morgan fingerprint density at radius 2 is 2.23 bits per heavy atom. The number of aryl methyl sites for hydroxylation is 1. The van der Waals surface area contributed by atoms with Crippen molar-refractivity contribution in [2.45, 2.75) is 38.0 Å². The molecule has 0 aromatic carbocycles. The van der Waals surface area contributed by atoms with Crippen LogP contribution in [-0.4, -0.2) is 25.7 Å². The molecule has 3 heterocycles. The first-order chi connectivity index (χ1) is 12.7. The standard InChI is InChI=1S/C18H17N5O2S/c24-16-11-3-1-4-12(11)19-18(21-16)23-15(9-13(22-23)10-6-7-10)20-17(25)14-5-2-8-26-14/h2,5,8-10H,1,3-4,6-7H2,(H,20,25)(H,19,21,24). The largest absolute Gasteiger partial charge is 0.306 e. The Labute approximate surface area is 153 Å². The van der Waals surface area contributed by atoms with Gasteiger partial charge in [0.2, 0.25) is 5.95 Å². The van der Waals surface area contributed by atoms with Gasteiger partial charge in [0.25, 0.3) is 11.5 Å². The van der Waals surface area contributed by atoms with E-state index < -0.39 is 0 Å². The second-order valence-corrected chi connectivity index (χ2v) is 7.69. The third-order valence-electron chi connectivity index (χ3n) is 4.84. The summed E-state index contributed by atoms with van der Waals surface area (Å²) in [5.41, 5.74) is 2.42. The van der Waals surface area contributed by atoms with Crippen LogP contribution < -0.4 is 10.9 Å². The van der Waals surface area contributed by atoms with Gasteiger partial charge in [0.15, 0.2) is 0 Å². The third-order valence-corrected chi connectivity index (χ3v) is 5.71. The van der Waals surface area contributed by atoms with Crippen molar-refractivity contribution in [3.63, 3.8) is 0 Å². The van der Waals surface area contributed by atoms with Crippen molar-refractivity contribution in [2.24, 2.45) is 0 Å². The highest BCUT2D eigenvalue weighted by Gasteiger charge is 2.29. The quantitative estimate of drug-likeness (QED) is 0.741.